The first kappa shape index (κ1) is 19.4. The molecule has 5 heteroatoms. The molecule has 1 aliphatic rings. The summed E-state index contributed by atoms with van der Waals surface area (Å²) in [5.74, 6) is -0.212. The number of halogens is 1. The molecule has 142 valence electrons. The fourth-order valence-electron chi connectivity index (χ4n) is 3.61. The summed E-state index contributed by atoms with van der Waals surface area (Å²) in [6, 6.07) is 10.8. The third-order valence-electron chi connectivity index (χ3n) is 4.94. The fourth-order valence-corrected chi connectivity index (χ4v) is 3.78. The van der Waals surface area contributed by atoms with Crippen LogP contribution in [0.25, 0.3) is 0 Å². The Kier molecular flexibility index (Phi) is 6.17. The minimum absolute atomic E-state index is 0.0107. The minimum Gasteiger partial charge on any atom is -0.325 e. The third kappa shape index (κ3) is 5.10. The van der Waals surface area contributed by atoms with E-state index in [1.807, 2.05) is 26.0 Å². The zero-order chi connectivity index (χ0) is 19.4. The largest absolute Gasteiger partial charge is 0.325 e. The predicted octanol–water partition coefficient (Wildman–Crippen LogP) is 5.73. The minimum atomic E-state index is -0.232. The maximum absolute atomic E-state index is 12.6. The van der Waals surface area contributed by atoms with E-state index in [0.717, 1.165) is 42.5 Å². The van der Waals surface area contributed by atoms with Gasteiger partial charge in [0.15, 0.2) is 0 Å². The van der Waals surface area contributed by atoms with Crippen molar-refractivity contribution in [2.75, 3.05) is 10.6 Å². The maximum atomic E-state index is 12.6. The Morgan fingerprint density at radius 1 is 0.926 bits per heavy atom. The van der Waals surface area contributed by atoms with Crippen LogP contribution in [0, 0.1) is 19.8 Å². The van der Waals surface area contributed by atoms with Crippen molar-refractivity contribution in [3.63, 3.8) is 0 Å². The van der Waals surface area contributed by atoms with Crippen molar-refractivity contribution in [2.45, 2.75) is 46.0 Å². The SMILES string of the molecule is Cc1cc(C)cc(NC(=O)c2ccc(Cl)c(NC(=O)C3CCCCC3)c2)c1. The Morgan fingerprint density at radius 2 is 1.59 bits per heavy atom. The van der Waals surface area contributed by atoms with Gasteiger partial charge in [0.1, 0.15) is 0 Å². The van der Waals surface area contributed by atoms with Gasteiger partial charge in [0.05, 0.1) is 10.7 Å². The lowest BCUT2D eigenvalue weighted by molar-refractivity contribution is -0.120. The van der Waals surface area contributed by atoms with E-state index in [0.29, 0.717) is 16.3 Å². The number of anilines is 2. The van der Waals surface area contributed by atoms with Gasteiger partial charge < -0.3 is 10.6 Å². The Morgan fingerprint density at radius 3 is 2.26 bits per heavy atom. The number of aryl methyl sites for hydroxylation is 2. The van der Waals surface area contributed by atoms with Gasteiger partial charge in [-0.1, -0.05) is 36.9 Å². The number of carbonyl (C=O) groups is 2. The molecule has 1 fully saturated rings. The van der Waals surface area contributed by atoms with Gasteiger partial charge >= 0.3 is 0 Å². The molecule has 1 aliphatic carbocycles. The quantitative estimate of drug-likeness (QED) is 0.707. The summed E-state index contributed by atoms with van der Waals surface area (Å²) in [7, 11) is 0. The molecule has 2 amide bonds. The fraction of sp³-hybridized carbons (Fsp3) is 0.364. The Bertz CT molecular complexity index is 837. The molecule has 0 radical (unpaired) electrons. The summed E-state index contributed by atoms with van der Waals surface area (Å²) in [5, 5.41) is 6.25. The smallest absolute Gasteiger partial charge is 0.255 e. The molecule has 4 nitrogen and oxygen atoms in total. The summed E-state index contributed by atoms with van der Waals surface area (Å²) in [6.07, 6.45) is 5.19. The summed E-state index contributed by atoms with van der Waals surface area (Å²) in [5.41, 5.74) is 3.86. The van der Waals surface area contributed by atoms with Crippen molar-refractivity contribution >= 4 is 34.8 Å². The Balaban J connectivity index is 1.73. The van der Waals surface area contributed by atoms with Gasteiger partial charge in [-0.2, -0.15) is 0 Å². The van der Waals surface area contributed by atoms with Gasteiger partial charge in [0.2, 0.25) is 5.91 Å². The molecule has 0 heterocycles. The van der Waals surface area contributed by atoms with Crippen LogP contribution < -0.4 is 10.6 Å². The monoisotopic (exact) mass is 384 g/mol. The van der Waals surface area contributed by atoms with Crippen LogP contribution in [0.1, 0.15) is 53.6 Å². The van der Waals surface area contributed by atoms with Crippen molar-refractivity contribution < 1.29 is 9.59 Å². The van der Waals surface area contributed by atoms with E-state index >= 15 is 0 Å². The van der Waals surface area contributed by atoms with E-state index in [-0.39, 0.29) is 17.7 Å². The molecule has 0 aromatic heterocycles. The second-order valence-electron chi connectivity index (χ2n) is 7.35. The second kappa shape index (κ2) is 8.57. The van der Waals surface area contributed by atoms with Crippen LogP contribution in [0.3, 0.4) is 0 Å². The van der Waals surface area contributed by atoms with Crippen molar-refractivity contribution in [1.82, 2.24) is 0 Å². The van der Waals surface area contributed by atoms with Gasteiger partial charge in [-0.3, -0.25) is 9.59 Å². The van der Waals surface area contributed by atoms with Gasteiger partial charge in [-0.25, -0.2) is 0 Å². The molecule has 2 aromatic rings. The molecule has 0 bridgehead atoms. The molecule has 0 aliphatic heterocycles. The van der Waals surface area contributed by atoms with Gasteiger partial charge in [0, 0.05) is 17.2 Å². The van der Waals surface area contributed by atoms with Gasteiger partial charge in [0.25, 0.3) is 5.91 Å². The number of benzene rings is 2. The van der Waals surface area contributed by atoms with Gasteiger partial charge in [-0.15, -0.1) is 0 Å². The highest BCUT2D eigenvalue weighted by atomic mass is 35.5. The van der Waals surface area contributed by atoms with Crippen LogP contribution >= 0.6 is 11.6 Å². The standard InChI is InChI=1S/C22H25ClN2O2/c1-14-10-15(2)12-18(11-14)24-22(27)17-8-9-19(23)20(13-17)25-21(26)16-6-4-3-5-7-16/h8-13,16H,3-7H2,1-2H3,(H,24,27)(H,25,26). The molecule has 3 rings (SSSR count). The number of carbonyl (C=O) groups excluding carboxylic acids is 2. The predicted molar refractivity (Wildman–Crippen MR) is 111 cm³/mol. The molecule has 0 spiro atoms. The third-order valence-corrected chi connectivity index (χ3v) is 5.27. The highest BCUT2D eigenvalue weighted by Gasteiger charge is 2.22. The van der Waals surface area contributed by atoms with Crippen LogP contribution in [0.2, 0.25) is 5.02 Å². The van der Waals surface area contributed by atoms with Crippen LogP contribution in [0.5, 0.6) is 0 Å². The van der Waals surface area contributed by atoms with E-state index in [1.54, 1.807) is 18.2 Å². The molecule has 0 unspecified atom stereocenters. The number of nitrogens with one attached hydrogen (secondary N) is 2. The average Bonchev–Trinajstić information content (AvgIpc) is 2.63. The topological polar surface area (TPSA) is 58.2 Å². The van der Waals surface area contributed by atoms with E-state index in [4.69, 9.17) is 11.6 Å². The van der Waals surface area contributed by atoms with E-state index in [2.05, 4.69) is 16.7 Å². The summed E-state index contributed by atoms with van der Waals surface area (Å²) < 4.78 is 0. The van der Waals surface area contributed by atoms with Crippen molar-refractivity contribution in [2.24, 2.45) is 5.92 Å². The van der Waals surface area contributed by atoms with Crippen LogP contribution in [-0.2, 0) is 4.79 Å². The molecule has 27 heavy (non-hydrogen) atoms. The van der Waals surface area contributed by atoms with Crippen LogP contribution in [0.15, 0.2) is 36.4 Å². The van der Waals surface area contributed by atoms with Crippen molar-refractivity contribution in [1.29, 1.82) is 0 Å². The Hall–Kier alpha value is -2.33. The highest BCUT2D eigenvalue weighted by molar-refractivity contribution is 6.34. The first-order chi connectivity index (χ1) is 12.9. The van der Waals surface area contributed by atoms with E-state index < -0.39 is 0 Å². The molecule has 0 saturated heterocycles. The number of hydrogen-bond acceptors (Lipinski definition) is 2. The maximum Gasteiger partial charge on any atom is 0.255 e. The second-order valence-corrected chi connectivity index (χ2v) is 7.76. The summed E-state index contributed by atoms with van der Waals surface area (Å²) in [6.45, 7) is 3.98. The first-order valence-corrected chi connectivity index (χ1v) is 9.80. The van der Waals surface area contributed by atoms with Crippen molar-refractivity contribution in [3.05, 3.63) is 58.1 Å². The molecule has 0 atom stereocenters. The van der Waals surface area contributed by atoms with Crippen molar-refractivity contribution in [3.8, 4) is 0 Å². The lowest BCUT2D eigenvalue weighted by atomic mass is 9.88. The molecular formula is C22H25ClN2O2. The number of hydrogen-bond donors (Lipinski definition) is 2. The number of rotatable bonds is 4. The highest BCUT2D eigenvalue weighted by Crippen LogP contribution is 2.28. The summed E-state index contributed by atoms with van der Waals surface area (Å²) >= 11 is 6.24. The molecular weight excluding hydrogens is 360 g/mol. The van der Waals surface area contributed by atoms with Gasteiger partial charge in [-0.05, 0) is 68.1 Å². The van der Waals surface area contributed by atoms with Crippen LogP contribution in [-0.4, -0.2) is 11.8 Å². The lowest BCUT2D eigenvalue weighted by Crippen LogP contribution is -2.25. The normalized spacial score (nSPS) is 14.6. The zero-order valence-electron chi connectivity index (χ0n) is 15.8. The Labute approximate surface area is 165 Å². The van der Waals surface area contributed by atoms with E-state index in [9.17, 15) is 9.59 Å². The number of amides is 2. The lowest BCUT2D eigenvalue weighted by Gasteiger charge is -2.21. The average molecular weight is 385 g/mol. The molecule has 2 N–H and O–H groups in total. The molecule has 2 aromatic carbocycles. The van der Waals surface area contributed by atoms with Crippen LogP contribution in [0.4, 0.5) is 11.4 Å². The van der Waals surface area contributed by atoms with E-state index in [1.165, 1.54) is 6.42 Å². The first-order valence-electron chi connectivity index (χ1n) is 9.42. The molecule has 1 saturated carbocycles. The zero-order valence-corrected chi connectivity index (χ0v) is 16.5. The summed E-state index contributed by atoms with van der Waals surface area (Å²) in [4.78, 5) is 25.1.